The van der Waals surface area contributed by atoms with E-state index in [1.165, 1.54) is 0 Å². The predicted octanol–water partition coefficient (Wildman–Crippen LogP) is 3.80. The molecule has 0 fully saturated rings. The van der Waals surface area contributed by atoms with Crippen molar-refractivity contribution in [1.82, 2.24) is 0 Å². The summed E-state index contributed by atoms with van der Waals surface area (Å²) in [7, 11) is 0. The van der Waals surface area contributed by atoms with Crippen molar-refractivity contribution in [1.29, 1.82) is 0 Å². The number of halogens is 1. The summed E-state index contributed by atoms with van der Waals surface area (Å²) in [5.41, 5.74) is 1.45. The van der Waals surface area contributed by atoms with Crippen LogP contribution in [0.1, 0.15) is 18.4 Å². The smallest absolute Gasteiger partial charge is 0.306 e. The van der Waals surface area contributed by atoms with Crippen LogP contribution in [-0.2, 0) is 20.9 Å². The van der Waals surface area contributed by atoms with E-state index in [9.17, 15) is 9.59 Å². The molecule has 2 aromatic rings. The standard InChI is InChI=1S/C17H16ClNO3/c18-15-9-5-4-6-13(15)12-22-17(21)11-10-16(20)19-14-7-2-1-3-8-14/h1-9H,10-12H2,(H,19,20). The van der Waals surface area contributed by atoms with Gasteiger partial charge >= 0.3 is 5.97 Å². The molecule has 0 aliphatic rings. The molecule has 0 aliphatic heterocycles. The normalized spacial score (nSPS) is 10.0. The van der Waals surface area contributed by atoms with Gasteiger partial charge in [-0.3, -0.25) is 9.59 Å². The Morgan fingerprint density at radius 3 is 2.36 bits per heavy atom. The van der Waals surface area contributed by atoms with E-state index in [-0.39, 0.29) is 25.4 Å². The molecule has 2 rings (SSSR count). The molecule has 0 spiro atoms. The van der Waals surface area contributed by atoms with Crippen LogP contribution in [0, 0.1) is 0 Å². The lowest BCUT2D eigenvalue weighted by Crippen LogP contribution is -2.14. The zero-order valence-corrected chi connectivity index (χ0v) is 12.7. The van der Waals surface area contributed by atoms with Gasteiger partial charge in [0.05, 0.1) is 6.42 Å². The Labute approximate surface area is 134 Å². The van der Waals surface area contributed by atoms with Gasteiger partial charge in [-0.25, -0.2) is 0 Å². The van der Waals surface area contributed by atoms with Crippen molar-refractivity contribution >= 4 is 29.2 Å². The third-order valence-corrected chi connectivity index (χ3v) is 3.33. The molecule has 114 valence electrons. The summed E-state index contributed by atoms with van der Waals surface area (Å²) in [5, 5.41) is 3.27. The molecule has 22 heavy (non-hydrogen) atoms. The number of para-hydroxylation sites is 1. The number of ether oxygens (including phenoxy) is 1. The van der Waals surface area contributed by atoms with Crippen LogP contribution >= 0.6 is 11.6 Å². The van der Waals surface area contributed by atoms with E-state index in [0.717, 1.165) is 5.56 Å². The zero-order chi connectivity index (χ0) is 15.8. The first-order valence-corrected chi connectivity index (χ1v) is 7.27. The molecular formula is C17H16ClNO3. The maximum Gasteiger partial charge on any atom is 0.306 e. The van der Waals surface area contributed by atoms with Crippen molar-refractivity contribution in [3.8, 4) is 0 Å². The molecule has 0 heterocycles. The molecule has 5 heteroatoms. The molecule has 0 unspecified atom stereocenters. The summed E-state index contributed by atoms with van der Waals surface area (Å²) in [5.74, 6) is -0.649. The first kappa shape index (κ1) is 16.0. The molecule has 0 saturated carbocycles. The highest BCUT2D eigenvalue weighted by Crippen LogP contribution is 2.16. The average molecular weight is 318 g/mol. The van der Waals surface area contributed by atoms with Gasteiger partial charge in [0.25, 0.3) is 0 Å². The minimum absolute atomic E-state index is 0.0309. The van der Waals surface area contributed by atoms with Gasteiger partial charge in [-0.1, -0.05) is 48.0 Å². The van der Waals surface area contributed by atoms with Crippen LogP contribution in [0.4, 0.5) is 5.69 Å². The lowest BCUT2D eigenvalue weighted by molar-refractivity contribution is -0.145. The quantitative estimate of drug-likeness (QED) is 0.824. The molecule has 0 bridgehead atoms. The predicted molar refractivity (Wildman–Crippen MR) is 85.6 cm³/mol. The molecule has 0 aromatic heterocycles. The minimum atomic E-state index is -0.428. The fourth-order valence-electron chi connectivity index (χ4n) is 1.81. The number of carbonyl (C=O) groups is 2. The second kappa shape index (κ2) is 8.20. The van der Waals surface area contributed by atoms with E-state index in [0.29, 0.717) is 10.7 Å². The minimum Gasteiger partial charge on any atom is -0.461 e. The van der Waals surface area contributed by atoms with Crippen LogP contribution in [-0.4, -0.2) is 11.9 Å². The van der Waals surface area contributed by atoms with E-state index >= 15 is 0 Å². The van der Waals surface area contributed by atoms with Crippen LogP contribution in [0.3, 0.4) is 0 Å². The van der Waals surface area contributed by atoms with Crippen LogP contribution < -0.4 is 5.32 Å². The SMILES string of the molecule is O=C(CCC(=O)OCc1ccccc1Cl)Nc1ccccc1. The molecular weight excluding hydrogens is 302 g/mol. The first-order chi connectivity index (χ1) is 10.6. The second-order valence-electron chi connectivity index (χ2n) is 4.67. The fraction of sp³-hybridized carbons (Fsp3) is 0.176. The summed E-state index contributed by atoms with van der Waals surface area (Å²) < 4.78 is 5.11. The van der Waals surface area contributed by atoms with Gasteiger partial charge in [0.2, 0.25) is 5.91 Å². The van der Waals surface area contributed by atoms with Gasteiger partial charge in [-0.15, -0.1) is 0 Å². The largest absolute Gasteiger partial charge is 0.461 e. The summed E-state index contributed by atoms with van der Waals surface area (Å²) in [6, 6.07) is 16.2. The number of nitrogens with one attached hydrogen (secondary N) is 1. The Balaban J connectivity index is 1.71. The van der Waals surface area contributed by atoms with Crippen molar-refractivity contribution < 1.29 is 14.3 Å². The molecule has 1 amide bonds. The third kappa shape index (κ3) is 5.22. The Kier molecular flexibility index (Phi) is 5.98. The number of rotatable bonds is 6. The second-order valence-corrected chi connectivity index (χ2v) is 5.07. The highest BCUT2D eigenvalue weighted by atomic mass is 35.5. The summed E-state index contributed by atoms with van der Waals surface area (Å²) >= 11 is 5.97. The molecule has 1 N–H and O–H groups in total. The van der Waals surface area contributed by atoms with Gasteiger partial charge in [0.1, 0.15) is 6.61 Å². The maximum atomic E-state index is 11.7. The topological polar surface area (TPSA) is 55.4 Å². The lowest BCUT2D eigenvalue weighted by atomic mass is 10.2. The molecule has 0 saturated heterocycles. The first-order valence-electron chi connectivity index (χ1n) is 6.89. The Morgan fingerprint density at radius 2 is 1.64 bits per heavy atom. The lowest BCUT2D eigenvalue weighted by Gasteiger charge is -2.07. The van der Waals surface area contributed by atoms with Gasteiger partial charge in [0, 0.05) is 22.7 Å². The zero-order valence-electron chi connectivity index (χ0n) is 11.9. The van der Waals surface area contributed by atoms with E-state index < -0.39 is 5.97 Å². The average Bonchev–Trinajstić information content (AvgIpc) is 2.53. The number of esters is 1. The Hall–Kier alpha value is -2.33. The number of carbonyl (C=O) groups excluding carboxylic acids is 2. The number of hydrogen-bond donors (Lipinski definition) is 1. The molecule has 0 atom stereocenters. The van der Waals surface area contributed by atoms with Crippen molar-refractivity contribution in [2.75, 3.05) is 5.32 Å². The number of amides is 1. The van der Waals surface area contributed by atoms with Crippen molar-refractivity contribution in [3.05, 3.63) is 65.2 Å². The maximum absolute atomic E-state index is 11.7. The van der Waals surface area contributed by atoms with Crippen molar-refractivity contribution in [2.24, 2.45) is 0 Å². The number of benzene rings is 2. The van der Waals surface area contributed by atoms with E-state index in [1.54, 1.807) is 24.3 Å². The highest BCUT2D eigenvalue weighted by molar-refractivity contribution is 6.31. The van der Waals surface area contributed by atoms with Crippen LogP contribution in [0.25, 0.3) is 0 Å². The molecule has 0 aliphatic carbocycles. The third-order valence-electron chi connectivity index (χ3n) is 2.96. The van der Waals surface area contributed by atoms with E-state index in [4.69, 9.17) is 16.3 Å². The van der Waals surface area contributed by atoms with Gasteiger partial charge < -0.3 is 10.1 Å². The molecule has 4 nitrogen and oxygen atoms in total. The fourth-order valence-corrected chi connectivity index (χ4v) is 2.00. The monoisotopic (exact) mass is 317 g/mol. The van der Waals surface area contributed by atoms with Crippen LogP contribution in [0.15, 0.2) is 54.6 Å². The van der Waals surface area contributed by atoms with Gasteiger partial charge in [-0.2, -0.15) is 0 Å². The number of anilines is 1. The summed E-state index contributed by atoms with van der Waals surface area (Å²) in [6.45, 7) is 0.110. The molecule has 2 aromatic carbocycles. The van der Waals surface area contributed by atoms with E-state index in [2.05, 4.69) is 5.32 Å². The number of hydrogen-bond acceptors (Lipinski definition) is 3. The highest BCUT2D eigenvalue weighted by Gasteiger charge is 2.09. The van der Waals surface area contributed by atoms with Gasteiger partial charge in [0.15, 0.2) is 0 Å². The summed E-state index contributed by atoms with van der Waals surface area (Å²) in [4.78, 5) is 23.3. The Morgan fingerprint density at radius 1 is 0.955 bits per heavy atom. The van der Waals surface area contributed by atoms with E-state index in [1.807, 2.05) is 30.3 Å². The van der Waals surface area contributed by atoms with Crippen LogP contribution in [0.5, 0.6) is 0 Å². The van der Waals surface area contributed by atoms with Gasteiger partial charge in [-0.05, 0) is 18.2 Å². The molecule has 0 radical (unpaired) electrons. The Bertz CT molecular complexity index is 643. The summed E-state index contributed by atoms with van der Waals surface area (Å²) in [6.07, 6.45) is 0.110. The van der Waals surface area contributed by atoms with Crippen LogP contribution in [0.2, 0.25) is 5.02 Å². The van der Waals surface area contributed by atoms with Crippen molar-refractivity contribution in [2.45, 2.75) is 19.4 Å². The van der Waals surface area contributed by atoms with Crippen molar-refractivity contribution in [3.63, 3.8) is 0 Å².